The number of rotatable bonds is 9. The summed E-state index contributed by atoms with van der Waals surface area (Å²) in [7, 11) is 0. The molecule has 4 rings (SSSR count). The van der Waals surface area contributed by atoms with Crippen LogP contribution in [0.25, 0.3) is 0 Å². The highest BCUT2D eigenvalue weighted by atomic mass is 16.5. The number of aryl methyl sites for hydroxylation is 1. The van der Waals surface area contributed by atoms with Gasteiger partial charge in [0.1, 0.15) is 24.8 Å². The van der Waals surface area contributed by atoms with Crippen molar-refractivity contribution in [1.29, 1.82) is 0 Å². The van der Waals surface area contributed by atoms with Crippen molar-refractivity contribution in [3.63, 3.8) is 0 Å². The predicted molar refractivity (Wildman–Crippen MR) is 129 cm³/mol. The number of likely N-dealkylation sites (tertiary alicyclic amines) is 1. The van der Waals surface area contributed by atoms with E-state index in [1.54, 1.807) is 41.6 Å². The lowest BCUT2D eigenvalue weighted by Crippen LogP contribution is -3.14. The van der Waals surface area contributed by atoms with Crippen molar-refractivity contribution in [2.75, 3.05) is 46.0 Å². The monoisotopic (exact) mass is 480 g/mol. The van der Waals surface area contributed by atoms with Crippen molar-refractivity contribution in [2.45, 2.75) is 26.8 Å². The number of Topliss-reactive ketones (excluding diaryl/α,β-unsaturated/α-hetero) is 2. The van der Waals surface area contributed by atoms with Crippen LogP contribution in [-0.4, -0.2) is 73.4 Å². The van der Waals surface area contributed by atoms with E-state index in [2.05, 4.69) is 18.8 Å². The molecule has 8 nitrogen and oxygen atoms in total. The molecule has 1 aromatic carbocycles. The molecule has 2 aliphatic heterocycles. The van der Waals surface area contributed by atoms with Gasteiger partial charge >= 0.3 is 0 Å². The van der Waals surface area contributed by atoms with Crippen LogP contribution >= 0.6 is 0 Å². The minimum atomic E-state index is -1.10. The molecule has 0 saturated carbocycles. The molecule has 2 fully saturated rings. The fourth-order valence-corrected chi connectivity index (χ4v) is 4.74. The summed E-state index contributed by atoms with van der Waals surface area (Å²) in [5, 5.41) is 0. The molecular weight excluding hydrogens is 446 g/mol. The minimum absolute atomic E-state index is 0.350. The maximum absolute atomic E-state index is 13.7. The maximum Gasteiger partial charge on any atom is 0.291 e. The highest BCUT2D eigenvalue weighted by molar-refractivity contribution is 6.44. The van der Waals surface area contributed by atoms with Crippen molar-refractivity contribution >= 4 is 17.5 Å². The van der Waals surface area contributed by atoms with E-state index >= 15 is 0 Å². The van der Waals surface area contributed by atoms with Crippen LogP contribution in [0, 0.1) is 18.8 Å². The van der Waals surface area contributed by atoms with E-state index < -0.39 is 23.7 Å². The molecule has 0 bridgehead atoms. The number of nitrogens with zero attached hydrogens (tertiary/aromatic N) is 2. The zero-order valence-electron chi connectivity index (χ0n) is 20.7. The molecule has 186 valence electrons. The Morgan fingerprint density at radius 1 is 1.23 bits per heavy atom. The number of hydrogen-bond donors (Lipinski definition) is 1. The Kier molecular flexibility index (Phi) is 7.93. The predicted octanol–water partition coefficient (Wildman–Crippen LogP) is 1.29. The van der Waals surface area contributed by atoms with Crippen LogP contribution < -0.4 is 9.64 Å². The summed E-state index contributed by atoms with van der Waals surface area (Å²) in [5.41, 5.74) is 1.91. The third kappa shape index (κ3) is 5.60. The summed E-state index contributed by atoms with van der Waals surface area (Å²) >= 11 is 0. The topological polar surface area (TPSA) is 90.2 Å². The molecule has 2 aromatic rings. The Bertz CT molecular complexity index is 1070. The van der Waals surface area contributed by atoms with Crippen LogP contribution in [0.15, 0.2) is 42.7 Å². The van der Waals surface area contributed by atoms with Crippen molar-refractivity contribution in [1.82, 2.24) is 9.88 Å². The third-order valence-corrected chi connectivity index (χ3v) is 6.65. The zero-order chi connectivity index (χ0) is 24.9. The number of ketones is 2. The number of benzene rings is 1. The Morgan fingerprint density at radius 2 is 2.00 bits per heavy atom. The van der Waals surface area contributed by atoms with E-state index in [0.29, 0.717) is 55.7 Å². The molecule has 0 radical (unpaired) electrons. The first-order chi connectivity index (χ1) is 16.9. The Balaban J connectivity index is 1.60. The molecule has 0 aliphatic carbocycles. The number of ether oxygens (including phenoxy) is 2. The number of nitrogens with one attached hydrogen (secondary N) is 1. The second kappa shape index (κ2) is 11.1. The van der Waals surface area contributed by atoms with Crippen molar-refractivity contribution in [3.05, 3.63) is 59.4 Å². The van der Waals surface area contributed by atoms with Gasteiger partial charge in [-0.3, -0.25) is 19.4 Å². The van der Waals surface area contributed by atoms with Gasteiger partial charge in [0.05, 0.1) is 39.0 Å². The van der Waals surface area contributed by atoms with Gasteiger partial charge in [0, 0.05) is 18.0 Å². The highest BCUT2D eigenvalue weighted by Gasteiger charge is 2.51. The van der Waals surface area contributed by atoms with Crippen molar-refractivity contribution < 1.29 is 28.8 Å². The molecule has 2 unspecified atom stereocenters. The summed E-state index contributed by atoms with van der Waals surface area (Å²) in [5.74, 6) is -1.62. The van der Waals surface area contributed by atoms with Gasteiger partial charge in [-0.1, -0.05) is 19.9 Å². The molecule has 1 N–H and O–H groups in total. The lowest BCUT2D eigenvalue weighted by Gasteiger charge is -2.30. The Labute approximate surface area is 206 Å². The molecule has 35 heavy (non-hydrogen) atoms. The van der Waals surface area contributed by atoms with Gasteiger partial charge in [-0.2, -0.15) is 0 Å². The molecule has 2 atom stereocenters. The molecule has 2 aliphatic rings. The van der Waals surface area contributed by atoms with E-state index in [0.717, 1.165) is 18.7 Å². The second-order valence-electron chi connectivity index (χ2n) is 9.73. The van der Waals surface area contributed by atoms with Gasteiger partial charge in [-0.25, -0.2) is 0 Å². The van der Waals surface area contributed by atoms with Crippen LogP contribution in [-0.2, 0) is 14.3 Å². The number of amides is 1. The highest BCUT2D eigenvalue weighted by Crippen LogP contribution is 2.38. The summed E-state index contributed by atoms with van der Waals surface area (Å²) in [6, 6.07) is 8.12. The molecule has 2 saturated heterocycles. The zero-order valence-corrected chi connectivity index (χ0v) is 20.7. The summed E-state index contributed by atoms with van der Waals surface area (Å²) in [4.78, 5) is 47.1. The number of pyridine rings is 1. The normalized spacial score (nSPS) is 21.1. The number of hydrogen-bond acceptors (Lipinski definition) is 6. The van der Waals surface area contributed by atoms with Gasteiger partial charge in [0.25, 0.3) is 5.91 Å². The number of quaternary nitrogens is 1. The lowest BCUT2D eigenvalue weighted by molar-refractivity contribution is -0.907. The Hall–Kier alpha value is -3.10. The first-order valence-corrected chi connectivity index (χ1v) is 12.3. The van der Waals surface area contributed by atoms with Gasteiger partial charge < -0.3 is 19.3 Å². The van der Waals surface area contributed by atoms with Crippen molar-refractivity contribution in [3.8, 4) is 5.75 Å². The molecule has 1 aromatic heterocycles. The van der Waals surface area contributed by atoms with Gasteiger partial charge in [0.2, 0.25) is 5.78 Å². The van der Waals surface area contributed by atoms with Crippen LogP contribution in [0.4, 0.5) is 0 Å². The fourth-order valence-electron chi connectivity index (χ4n) is 4.74. The molecule has 1 amide bonds. The average Bonchev–Trinajstić information content (AvgIpc) is 3.12. The van der Waals surface area contributed by atoms with Gasteiger partial charge in [-0.05, 0) is 48.2 Å². The van der Waals surface area contributed by atoms with E-state index in [-0.39, 0.29) is 5.78 Å². The minimum Gasteiger partial charge on any atom is -0.493 e. The second-order valence-corrected chi connectivity index (χ2v) is 9.73. The standard InChI is InChI=1S/C27H33N3O5/c1-18(2)17-35-22-7-6-20(15-19(22)3)25(31)23-24(21-5-4-8-28-16-21)30(27(33)26(23)32)10-9-29-11-13-34-14-12-29/h4-8,15-16,18,23-24H,9-14,17H2,1-3H3/p+1. The summed E-state index contributed by atoms with van der Waals surface area (Å²) in [6.45, 7) is 10.8. The first-order valence-electron chi connectivity index (χ1n) is 12.3. The molecule has 0 spiro atoms. The molecule has 8 heteroatoms. The number of morpholine rings is 1. The van der Waals surface area contributed by atoms with Crippen LogP contribution in [0.5, 0.6) is 5.75 Å². The van der Waals surface area contributed by atoms with Gasteiger partial charge in [0.15, 0.2) is 5.78 Å². The third-order valence-electron chi connectivity index (χ3n) is 6.65. The van der Waals surface area contributed by atoms with E-state index in [1.165, 1.54) is 4.90 Å². The number of carbonyl (C=O) groups excluding carboxylic acids is 3. The number of carbonyl (C=O) groups is 3. The van der Waals surface area contributed by atoms with Crippen LogP contribution in [0.2, 0.25) is 0 Å². The van der Waals surface area contributed by atoms with Crippen LogP contribution in [0.3, 0.4) is 0 Å². The SMILES string of the molecule is Cc1cc(C(=O)C2C(=O)C(=O)N(CC[NH+]3CCOCC3)C2c2cccnc2)ccc1OCC(C)C. The van der Waals surface area contributed by atoms with Crippen LogP contribution in [0.1, 0.15) is 41.4 Å². The summed E-state index contributed by atoms with van der Waals surface area (Å²) in [6.07, 6.45) is 3.28. The van der Waals surface area contributed by atoms with Gasteiger partial charge in [-0.15, -0.1) is 0 Å². The average molecular weight is 481 g/mol. The quantitative estimate of drug-likeness (QED) is 0.331. The smallest absolute Gasteiger partial charge is 0.291 e. The van der Waals surface area contributed by atoms with Crippen molar-refractivity contribution in [2.24, 2.45) is 11.8 Å². The first kappa shape index (κ1) is 25.0. The van der Waals surface area contributed by atoms with E-state index in [9.17, 15) is 14.4 Å². The fraction of sp³-hybridized carbons (Fsp3) is 0.481. The Morgan fingerprint density at radius 3 is 2.66 bits per heavy atom. The largest absolute Gasteiger partial charge is 0.493 e. The summed E-state index contributed by atoms with van der Waals surface area (Å²) < 4.78 is 11.3. The lowest BCUT2D eigenvalue weighted by atomic mass is 9.86. The number of aromatic nitrogens is 1. The molecular formula is C27H34N3O5+. The molecule has 3 heterocycles. The maximum atomic E-state index is 13.7. The van der Waals surface area contributed by atoms with E-state index in [1.807, 2.05) is 13.0 Å². The van der Waals surface area contributed by atoms with E-state index in [4.69, 9.17) is 9.47 Å².